The van der Waals surface area contributed by atoms with E-state index in [1.165, 1.54) is 0 Å². The van der Waals surface area contributed by atoms with E-state index in [0.717, 1.165) is 28.0 Å². The Bertz CT molecular complexity index is 1350. The third kappa shape index (κ3) is 6.66. The number of hydrogen-bond donors (Lipinski definition) is 0. The largest absolute Gasteiger partial charge is 0.476 e. The third-order valence-electron chi connectivity index (χ3n) is 5.94. The van der Waals surface area contributed by atoms with E-state index in [4.69, 9.17) is 18.4 Å². The fourth-order valence-electron chi connectivity index (χ4n) is 4.20. The normalized spacial score (nSPS) is 11.7. The maximum absolute atomic E-state index is 12.4. The van der Waals surface area contributed by atoms with Gasteiger partial charge in [0.1, 0.15) is 11.5 Å². The van der Waals surface area contributed by atoms with Crippen LogP contribution in [0.1, 0.15) is 55.0 Å². The summed E-state index contributed by atoms with van der Waals surface area (Å²) in [5.74, 6) is 2.67. The maximum atomic E-state index is 12.4. The van der Waals surface area contributed by atoms with E-state index in [1.807, 2.05) is 51.1 Å². The predicted molar refractivity (Wildman–Crippen MR) is 141 cm³/mol. The highest BCUT2D eigenvalue weighted by Crippen LogP contribution is 2.30. The van der Waals surface area contributed by atoms with Gasteiger partial charge in [0.2, 0.25) is 17.6 Å². The zero-order valence-electron chi connectivity index (χ0n) is 22.8. The number of benzene rings is 2. The minimum absolute atomic E-state index is 0.301. The molecule has 2 aromatic carbocycles. The van der Waals surface area contributed by atoms with E-state index in [2.05, 4.69) is 32.2 Å². The first-order valence-electron chi connectivity index (χ1n) is 12.6. The van der Waals surface area contributed by atoms with E-state index in [0.29, 0.717) is 49.6 Å². The Hall–Kier alpha value is -3.98. The number of oxazole rings is 1. The molecule has 0 aliphatic rings. The molecule has 0 aliphatic heterocycles. The second-order valence-electron chi connectivity index (χ2n) is 9.78. The van der Waals surface area contributed by atoms with E-state index in [-0.39, 0.29) is 0 Å². The molecule has 0 unspecified atom stereocenters. The molecule has 0 radical (unpaired) electrons. The summed E-state index contributed by atoms with van der Waals surface area (Å²) in [7, 11) is 0. The fraction of sp³-hybridized carbons (Fsp3) is 0.379. The molecule has 0 bridgehead atoms. The van der Waals surface area contributed by atoms with Gasteiger partial charge in [-0.3, -0.25) is 4.90 Å². The Labute approximate surface area is 222 Å². The van der Waals surface area contributed by atoms with Crippen molar-refractivity contribution < 1.29 is 23.2 Å². The standard InChI is InChI=1S/C29H34N4O5/c1-7-35-28(34)29(5,6)37-26-19(2)13-22(14-20(26)3)16-33(17-24-30-15-21(4)36-24)18-25-31-27(32-38-25)23-11-9-8-10-12-23/h8-15H,7,16-18H2,1-6H3. The second-order valence-corrected chi connectivity index (χ2v) is 9.78. The van der Waals surface area contributed by atoms with Crippen LogP contribution in [0.3, 0.4) is 0 Å². The lowest BCUT2D eigenvalue weighted by Gasteiger charge is -2.27. The van der Waals surface area contributed by atoms with Gasteiger partial charge in [0.25, 0.3) is 0 Å². The first-order valence-corrected chi connectivity index (χ1v) is 12.6. The van der Waals surface area contributed by atoms with Crippen molar-refractivity contribution in [2.75, 3.05) is 6.61 Å². The zero-order chi connectivity index (χ0) is 27.3. The first kappa shape index (κ1) is 27.1. The Morgan fingerprint density at radius 1 is 1.00 bits per heavy atom. The molecule has 4 aromatic rings. The van der Waals surface area contributed by atoms with Crippen LogP contribution >= 0.6 is 0 Å². The summed E-state index contributed by atoms with van der Waals surface area (Å²) in [6, 6.07) is 13.8. The highest BCUT2D eigenvalue weighted by atomic mass is 16.6. The van der Waals surface area contributed by atoms with Crippen LogP contribution in [0.5, 0.6) is 5.75 Å². The van der Waals surface area contributed by atoms with Crippen molar-refractivity contribution in [3.05, 3.63) is 82.9 Å². The van der Waals surface area contributed by atoms with E-state index >= 15 is 0 Å². The number of carbonyl (C=O) groups is 1. The van der Waals surface area contributed by atoms with Crippen molar-refractivity contribution in [3.8, 4) is 17.1 Å². The summed E-state index contributed by atoms with van der Waals surface area (Å²) < 4.78 is 22.6. The van der Waals surface area contributed by atoms with Gasteiger partial charge in [0, 0.05) is 12.1 Å². The maximum Gasteiger partial charge on any atom is 0.349 e. The Balaban J connectivity index is 1.55. The summed E-state index contributed by atoms with van der Waals surface area (Å²) in [5.41, 5.74) is 2.70. The van der Waals surface area contributed by atoms with Crippen LogP contribution in [0.25, 0.3) is 11.4 Å². The van der Waals surface area contributed by atoms with Crippen molar-refractivity contribution in [2.24, 2.45) is 0 Å². The van der Waals surface area contributed by atoms with Gasteiger partial charge in [-0.15, -0.1) is 0 Å². The van der Waals surface area contributed by atoms with Gasteiger partial charge in [-0.25, -0.2) is 9.78 Å². The third-order valence-corrected chi connectivity index (χ3v) is 5.94. The molecule has 0 fully saturated rings. The van der Waals surface area contributed by atoms with Crippen molar-refractivity contribution >= 4 is 5.97 Å². The van der Waals surface area contributed by atoms with E-state index in [9.17, 15) is 4.79 Å². The summed E-state index contributed by atoms with van der Waals surface area (Å²) in [5, 5.41) is 4.15. The number of carbonyl (C=O) groups excluding carboxylic acids is 1. The summed E-state index contributed by atoms with van der Waals surface area (Å²) >= 11 is 0. The molecule has 2 aromatic heterocycles. The first-order chi connectivity index (χ1) is 18.1. The van der Waals surface area contributed by atoms with Crippen LogP contribution in [0.4, 0.5) is 0 Å². The molecule has 0 N–H and O–H groups in total. The average Bonchev–Trinajstić information content (AvgIpc) is 3.51. The van der Waals surface area contributed by atoms with Crippen LogP contribution < -0.4 is 4.74 Å². The highest BCUT2D eigenvalue weighted by Gasteiger charge is 2.32. The van der Waals surface area contributed by atoms with Crippen LogP contribution in [0.2, 0.25) is 0 Å². The summed E-state index contributed by atoms with van der Waals surface area (Å²) in [6.45, 7) is 12.8. The smallest absolute Gasteiger partial charge is 0.349 e. The molecule has 200 valence electrons. The number of rotatable bonds is 11. The number of hydrogen-bond acceptors (Lipinski definition) is 9. The molecule has 9 nitrogen and oxygen atoms in total. The van der Waals surface area contributed by atoms with Gasteiger partial charge in [-0.05, 0) is 58.2 Å². The molecular formula is C29H34N4O5. The summed E-state index contributed by atoms with van der Waals surface area (Å²) in [6.07, 6.45) is 1.71. The zero-order valence-corrected chi connectivity index (χ0v) is 22.8. The molecule has 9 heteroatoms. The van der Waals surface area contributed by atoms with Crippen LogP contribution in [-0.4, -0.2) is 38.2 Å². The van der Waals surface area contributed by atoms with E-state index < -0.39 is 11.6 Å². The molecule has 0 amide bonds. The molecule has 4 rings (SSSR count). The molecule has 38 heavy (non-hydrogen) atoms. The second kappa shape index (κ2) is 11.6. The number of aromatic nitrogens is 3. The number of nitrogens with zero attached hydrogens (tertiary/aromatic N) is 4. The van der Waals surface area contributed by atoms with Crippen molar-refractivity contribution in [1.29, 1.82) is 0 Å². The van der Waals surface area contributed by atoms with Crippen molar-refractivity contribution in [1.82, 2.24) is 20.0 Å². The lowest BCUT2D eigenvalue weighted by atomic mass is 10.0. The van der Waals surface area contributed by atoms with Crippen LogP contribution in [0.15, 0.2) is 57.6 Å². The number of aryl methyl sites for hydroxylation is 3. The Kier molecular flexibility index (Phi) is 8.26. The number of ether oxygens (including phenoxy) is 2. The molecule has 0 aliphatic carbocycles. The highest BCUT2D eigenvalue weighted by molar-refractivity contribution is 5.79. The van der Waals surface area contributed by atoms with Gasteiger partial charge < -0.3 is 18.4 Å². The fourth-order valence-corrected chi connectivity index (χ4v) is 4.20. The van der Waals surface area contributed by atoms with Gasteiger partial charge in [0.15, 0.2) is 5.60 Å². The van der Waals surface area contributed by atoms with E-state index in [1.54, 1.807) is 27.0 Å². The van der Waals surface area contributed by atoms with Gasteiger partial charge in [-0.2, -0.15) is 4.98 Å². The quantitative estimate of drug-likeness (QED) is 0.236. The van der Waals surface area contributed by atoms with Crippen LogP contribution in [-0.2, 0) is 29.2 Å². The predicted octanol–water partition coefficient (Wildman–Crippen LogP) is 5.57. The Morgan fingerprint density at radius 2 is 1.68 bits per heavy atom. The van der Waals surface area contributed by atoms with Crippen LogP contribution in [0, 0.1) is 20.8 Å². The van der Waals surface area contributed by atoms with Gasteiger partial charge in [0.05, 0.1) is 25.9 Å². The minimum Gasteiger partial charge on any atom is -0.476 e. The SMILES string of the molecule is CCOC(=O)C(C)(C)Oc1c(C)cc(CN(Cc2nc(-c3ccccc3)no2)Cc2ncc(C)o2)cc1C. The summed E-state index contributed by atoms with van der Waals surface area (Å²) in [4.78, 5) is 23.5. The molecule has 0 saturated carbocycles. The minimum atomic E-state index is -1.10. The van der Waals surface area contributed by atoms with Crippen molar-refractivity contribution in [3.63, 3.8) is 0 Å². The van der Waals surface area contributed by atoms with Gasteiger partial charge in [-0.1, -0.05) is 47.6 Å². The molecular weight excluding hydrogens is 484 g/mol. The lowest BCUT2D eigenvalue weighted by molar-refractivity contribution is -0.158. The molecule has 0 spiro atoms. The topological polar surface area (TPSA) is 104 Å². The van der Waals surface area contributed by atoms with Crippen molar-refractivity contribution in [2.45, 2.75) is 66.8 Å². The number of esters is 1. The Morgan fingerprint density at radius 3 is 2.32 bits per heavy atom. The monoisotopic (exact) mass is 518 g/mol. The molecule has 0 saturated heterocycles. The van der Waals surface area contributed by atoms with Gasteiger partial charge >= 0.3 is 5.97 Å². The molecule has 0 atom stereocenters. The lowest BCUT2D eigenvalue weighted by Crippen LogP contribution is -2.40. The average molecular weight is 519 g/mol. The molecule has 2 heterocycles.